The Morgan fingerprint density at radius 3 is 2.47 bits per heavy atom. The molecule has 2 fully saturated rings. The zero-order valence-corrected chi connectivity index (χ0v) is 10.3. The number of likely N-dealkylation sites (tertiary alicyclic amines) is 1. The van der Waals surface area contributed by atoms with Crippen LogP contribution in [0, 0.1) is 11.8 Å². The van der Waals surface area contributed by atoms with Crippen molar-refractivity contribution in [2.45, 2.75) is 38.8 Å². The van der Waals surface area contributed by atoms with E-state index < -0.39 is 18.1 Å². The summed E-state index contributed by atoms with van der Waals surface area (Å²) in [6.07, 6.45) is 1.18. The van der Waals surface area contributed by atoms with E-state index >= 15 is 0 Å². The molecule has 0 aliphatic carbocycles. The Hall–Kier alpha value is -1.10. The van der Waals surface area contributed by atoms with Crippen LogP contribution in [0.25, 0.3) is 0 Å². The lowest BCUT2D eigenvalue weighted by molar-refractivity contribution is -0.154. The van der Waals surface area contributed by atoms with Crippen molar-refractivity contribution in [3.8, 4) is 0 Å². The van der Waals surface area contributed by atoms with E-state index in [0.29, 0.717) is 13.2 Å². The van der Waals surface area contributed by atoms with Crippen molar-refractivity contribution in [3.63, 3.8) is 0 Å². The molecule has 5 nitrogen and oxygen atoms in total. The van der Waals surface area contributed by atoms with Crippen molar-refractivity contribution >= 4 is 11.9 Å². The van der Waals surface area contributed by atoms with E-state index in [1.807, 2.05) is 13.8 Å². The molecule has 2 heterocycles. The lowest BCUT2D eigenvalue weighted by atomic mass is 10.0. The van der Waals surface area contributed by atoms with E-state index in [2.05, 4.69) is 0 Å². The molecule has 0 radical (unpaired) electrons. The summed E-state index contributed by atoms with van der Waals surface area (Å²) in [4.78, 5) is 24.9. The lowest BCUT2D eigenvalue weighted by Crippen LogP contribution is -2.48. The maximum absolute atomic E-state index is 12.3. The van der Waals surface area contributed by atoms with Gasteiger partial charge in [0.15, 0.2) is 0 Å². The van der Waals surface area contributed by atoms with Gasteiger partial charge in [0.25, 0.3) is 5.91 Å². The van der Waals surface area contributed by atoms with Gasteiger partial charge in [-0.05, 0) is 24.7 Å². The summed E-state index contributed by atoms with van der Waals surface area (Å²) in [5.41, 5.74) is 0. The molecule has 1 amide bonds. The van der Waals surface area contributed by atoms with Crippen LogP contribution in [0.3, 0.4) is 0 Å². The van der Waals surface area contributed by atoms with Crippen molar-refractivity contribution in [3.05, 3.63) is 0 Å². The van der Waals surface area contributed by atoms with Gasteiger partial charge in [0.2, 0.25) is 0 Å². The Morgan fingerprint density at radius 2 is 1.94 bits per heavy atom. The molecular weight excluding hydrogens is 222 g/mol. The summed E-state index contributed by atoms with van der Waals surface area (Å²) < 4.78 is 5.42. The first kappa shape index (κ1) is 12.4. The van der Waals surface area contributed by atoms with Crippen LogP contribution in [0.4, 0.5) is 0 Å². The molecule has 4 unspecified atom stereocenters. The molecule has 0 saturated carbocycles. The minimum Gasteiger partial charge on any atom is -0.480 e. The van der Waals surface area contributed by atoms with E-state index in [0.717, 1.165) is 12.8 Å². The highest BCUT2D eigenvalue weighted by atomic mass is 16.5. The van der Waals surface area contributed by atoms with Crippen LogP contribution in [0.2, 0.25) is 0 Å². The first-order chi connectivity index (χ1) is 8.02. The van der Waals surface area contributed by atoms with Gasteiger partial charge in [-0.25, -0.2) is 4.79 Å². The maximum Gasteiger partial charge on any atom is 0.326 e. The molecular formula is C12H19NO4. The molecule has 5 heteroatoms. The number of rotatable bonds is 2. The van der Waals surface area contributed by atoms with E-state index in [9.17, 15) is 14.7 Å². The smallest absolute Gasteiger partial charge is 0.326 e. The van der Waals surface area contributed by atoms with Gasteiger partial charge >= 0.3 is 5.97 Å². The van der Waals surface area contributed by atoms with E-state index in [-0.39, 0.29) is 17.7 Å². The van der Waals surface area contributed by atoms with Gasteiger partial charge < -0.3 is 14.7 Å². The molecule has 2 aliphatic rings. The Kier molecular flexibility index (Phi) is 3.38. The largest absolute Gasteiger partial charge is 0.480 e. The molecule has 4 atom stereocenters. The average molecular weight is 241 g/mol. The highest BCUT2D eigenvalue weighted by Crippen LogP contribution is 2.29. The first-order valence-electron chi connectivity index (χ1n) is 6.17. The van der Waals surface area contributed by atoms with Gasteiger partial charge in [-0.3, -0.25) is 4.79 Å². The number of carbonyl (C=O) groups excluding carboxylic acids is 1. The number of carboxylic acid groups (broad SMARTS) is 1. The molecule has 1 N–H and O–H groups in total. The van der Waals surface area contributed by atoms with Gasteiger partial charge in [-0.1, -0.05) is 13.8 Å². The Balaban J connectivity index is 2.11. The van der Waals surface area contributed by atoms with E-state index in [1.54, 1.807) is 0 Å². The fourth-order valence-electron chi connectivity index (χ4n) is 2.75. The minimum absolute atomic E-state index is 0.0214. The molecule has 17 heavy (non-hydrogen) atoms. The quantitative estimate of drug-likeness (QED) is 0.774. The second-order valence-corrected chi connectivity index (χ2v) is 5.14. The predicted octanol–water partition coefficient (Wildman–Crippen LogP) is 0.733. The van der Waals surface area contributed by atoms with Crippen LogP contribution >= 0.6 is 0 Å². The molecule has 0 bridgehead atoms. The number of ether oxygens (including phenoxy) is 1. The second-order valence-electron chi connectivity index (χ2n) is 5.14. The third-order valence-corrected chi connectivity index (χ3v) is 3.87. The highest BCUT2D eigenvalue weighted by Gasteiger charge is 2.44. The molecule has 0 aromatic heterocycles. The molecule has 2 saturated heterocycles. The van der Waals surface area contributed by atoms with E-state index in [4.69, 9.17) is 4.74 Å². The lowest BCUT2D eigenvalue weighted by Gasteiger charge is -2.27. The monoisotopic (exact) mass is 241 g/mol. The van der Waals surface area contributed by atoms with Crippen LogP contribution in [-0.2, 0) is 14.3 Å². The normalized spacial score (nSPS) is 37.4. The summed E-state index contributed by atoms with van der Waals surface area (Å²) in [5, 5.41) is 9.18. The third-order valence-electron chi connectivity index (χ3n) is 3.87. The number of amides is 1. The topological polar surface area (TPSA) is 66.8 Å². The van der Waals surface area contributed by atoms with Crippen molar-refractivity contribution in [2.24, 2.45) is 11.8 Å². The van der Waals surface area contributed by atoms with E-state index in [1.165, 1.54) is 4.90 Å². The summed E-state index contributed by atoms with van der Waals surface area (Å²) in [6, 6.07) is -0.682. The van der Waals surface area contributed by atoms with Crippen LogP contribution in [-0.4, -0.2) is 47.2 Å². The van der Waals surface area contributed by atoms with Crippen molar-refractivity contribution < 1.29 is 19.4 Å². The third kappa shape index (κ3) is 2.16. The molecule has 0 aromatic rings. The zero-order valence-electron chi connectivity index (χ0n) is 10.3. The Labute approximate surface area is 101 Å². The molecule has 0 spiro atoms. The van der Waals surface area contributed by atoms with Gasteiger partial charge in [0.1, 0.15) is 12.1 Å². The van der Waals surface area contributed by atoms with Crippen molar-refractivity contribution in [2.75, 3.05) is 13.2 Å². The van der Waals surface area contributed by atoms with Crippen LogP contribution in [0.15, 0.2) is 0 Å². The molecule has 2 rings (SSSR count). The maximum atomic E-state index is 12.3. The summed E-state index contributed by atoms with van der Waals surface area (Å²) >= 11 is 0. The average Bonchev–Trinajstić information content (AvgIpc) is 2.83. The number of aliphatic carboxylic acids is 1. The van der Waals surface area contributed by atoms with Crippen LogP contribution < -0.4 is 0 Å². The molecule has 96 valence electrons. The van der Waals surface area contributed by atoms with Crippen LogP contribution in [0.5, 0.6) is 0 Å². The SMILES string of the molecule is CC1CCOC1C(=O)N1CCC(C)C1C(=O)O. The van der Waals surface area contributed by atoms with Crippen molar-refractivity contribution in [1.29, 1.82) is 0 Å². The van der Waals surface area contributed by atoms with Crippen LogP contribution in [0.1, 0.15) is 26.7 Å². The summed E-state index contributed by atoms with van der Waals surface area (Å²) in [7, 11) is 0. The fraction of sp³-hybridized carbons (Fsp3) is 0.833. The summed E-state index contributed by atoms with van der Waals surface area (Å²) in [6.45, 7) is 4.98. The Bertz CT molecular complexity index is 330. The number of hydrogen-bond acceptors (Lipinski definition) is 3. The number of carboxylic acids is 1. The van der Waals surface area contributed by atoms with Gasteiger partial charge in [-0.2, -0.15) is 0 Å². The summed E-state index contributed by atoms with van der Waals surface area (Å²) in [5.74, 6) is -0.846. The minimum atomic E-state index is -0.908. The predicted molar refractivity (Wildman–Crippen MR) is 60.4 cm³/mol. The number of carbonyl (C=O) groups is 2. The molecule has 0 aromatic carbocycles. The number of nitrogens with zero attached hydrogens (tertiary/aromatic N) is 1. The number of hydrogen-bond donors (Lipinski definition) is 1. The standard InChI is InChI=1S/C12H19NO4/c1-7-3-5-13(9(7)12(15)16)11(14)10-8(2)4-6-17-10/h7-10H,3-6H2,1-2H3,(H,15,16). The fourth-order valence-corrected chi connectivity index (χ4v) is 2.75. The highest BCUT2D eigenvalue weighted by molar-refractivity contribution is 5.87. The molecule has 2 aliphatic heterocycles. The first-order valence-corrected chi connectivity index (χ1v) is 6.17. The second kappa shape index (κ2) is 4.64. The zero-order chi connectivity index (χ0) is 12.6. The van der Waals surface area contributed by atoms with Gasteiger partial charge in [-0.15, -0.1) is 0 Å². The van der Waals surface area contributed by atoms with Gasteiger partial charge in [0.05, 0.1) is 0 Å². The van der Waals surface area contributed by atoms with Crippen molar-refractivity contribution in [1.82, 2.24) is 4.90 Å². The Morgan fingerprint density at radius 1 is 1.24 bits per heavy atom. The van der Waals surface area contributed by atoms with Gasteiger partial charge in [0, 0.05) is 13.2 Å².